The molecule has 3 aromatic rings. The normalized spacial score (nSPS) is 12.1. The van der Waals surface area contributed by atoms with E-state index >= 15 is 0 Å². The van der Waals surface area contributed by atoms with E-state index in [0.717, 1.165) is 10.1 Å². The molecule has 0 aliphatic carbocycles. The molecule has 2 aromatic carbocycles. The number of hydrogen-bond donors (Lipinski definition) is 2. The van der Waals surface area contributed by atoms with Crippen molar-refractivity contribution < 1.29 is 14.7 Å². The highest BCUT2D eigenvalue weighted by Gasteiger charge is 2.21. The Labute approximate surface area is 155 Å². The first-order valence-corrected chi connectivity index (χ1v) is 8.49. The topological polar surface area (TPSA) is 115 Å². The van der Waals surface area contributed by atoms with Gasteiger partial charge in [-0.05, 0) is 31.0 Å². The number of carboxylic acids is 1. The van der Waals surface area contributed by atoms with Gasteiger partial charge in [-0.1, -0.05) is 36.4 Å². The summed E-state index contributed by atoms with van der Waals surface area (Å²) in [4.78, 5) is 41.3. The summed E-state index contributed by atoms with van der Waals surface area (Å²) in [7, 11) is 0. The number of aromatic nitrogens is 2. The Morgan fingerprint density at radius 1 is 1.15 bits per heavy atom. The molecule has 7 heteroatoms. The fourth-order valence-electron chi connectivity index (χ4n) is 2.88. The van der Waals surface area contributed by atoms with Crippen molar-refractivity contribution in [1.82, 2.24) is 9.55 Å². The molecule has 0 aliphatic rings. The molecule has 138 valence electrons. The molecule has 0 saturated heterocycles. The van der Waals surface area contributed by atoms with E-state index in [1.165, 1.54) is 0 Å². The molecule has 0 bridgehead atoms. The minimum absolute atomic E-state index is 0.0688. The van der Waals surface area contributed by atoms with Gasteiger partial charge in [0, 0.05) is 12.0 Å². The Hall–Kier alpha value is -3.32. The van der Waals surface area contributed by atoms with Crippen LogP contribution in [0.2, 0.25) is 0 Å². The van der Waals surface area contributed by atoms with Gasteiger partial charge in [-0.15, -0.1) is 0 Å². The lowest BCUT2D eigenvalue weighted by molar-refractivity contribution is -0.138. The van der Waals surface area contributed by atoms with Crippen LogP contribution in [0.15, 0.2) is 53.3 Å². The van der Waals surface area contributed by atoms with Gasteiger partial charge in [0.2, 0.25) is 5.91 Å². The SMILES string of the molecule is Cc1ccccc1-c1nc2ccccc2c(=O)n1C(=O)CCC(N)C(=O)O. The highest BCUT2D eigenvalue weighted by molar-refractivity contribution is 5.89. The summed E-state index contributed by atoms with van der Waals surface area (Å²) in [6.07, 6.45) is -0.243. The highest BCUT2D eigenvalue weighted by atomic mass is 16.4. The number of aliphatic carboxylic acids is 1. The molecular weight excluding hydrogens is 346 g/mol. The third-order valence-corrected chi connectivity index (χ3v) is 4.40. The Morgan fingerprint density at radius 3 is 2.52 bits per heavy atom. The first-order valence-electron chi connectivity index (χ1n) is 8.49. The molecule has 3 N–H and O–H groups in total. The number of rotatable bonds is 5. The second-order valence-electron chi connectivity index (χ2n) is 6.29. The maximum absolute atomic E-state index is 13.0. The van der Waals surface area contributed by atoms with Crippen LogP contribution in [0.4, 0.5) is 0 Å². The zero-order chi connectivity index (χ0) is 19.6. The van der Waals surface area contributed by atoms with Gasteiger partial charge in [0.1, 0.15) is 6.04 Å². The largest absolute Gasteiger partial charge is 0.480 e. The summed E-state index contributed by atoms with van der Waals surface area (Å²) in [6, 6.07) is 13.0. The number of carboxylic acid groups (broad SMARTS) is 1. The van der Waals surface area contributed by atoms with Crippen LogP contribution < -0.4 is 11.3 Å². The molecule has 3 rings (SSSR count). The molecule has 7 nitrogen and oxygen atoms in total. The minimum atomic E-state index is -1.19. The lowest BCUT2D eigenvalue weighted by Crippen LogP contribution is -2.34. The monoisotopic (exact) mass is 365 g/mol. The van der Waals surface area contributed by atoms with Crippen molar-refractivity contribution in [1.29, 1.82) is 0 Å². The molecule has 1 unspecified atom stereocenters. The average molecular weight is 365 g/mol. The fourth-order valence-corrected chi connectivity index (χ4v) is 2.88. The van der Waals surface area contributed by atoms with E-state index in [2.05, 4.69) is 4.98 Å². The van der Waals surface area contributed by atoms with Crippen molar-refractivity contribution in [2.75, 3.05) is 0 Å². The van der Waals surface area contributed by atoms with Gasteiger partial charge in [0.05, 0.1) is 10.9 Å². The standard InChI is InChI=1S/C20H19N3O4/c1-12-6-2-3-7-13(12)18-22-16-9-5-4-8-14(16)19(25)23(18)17(24)11-10-15(21)20(26)27/h2-9,15H,10-11,21H2,1H3,(H,26,27). The molecule has 0 radical (unpaired) electrons. The summed E-state index contributed by atoms with van der Waals surface area (Å²) in [5.41, 5.74) is 7.03. The molecule has 0 spiro atoms. The third-order valence-electron chi connectivity index (χ3n) is 4.40. The second-order valence-corrected chi connectivity index (χ2v) is 6.29. The predicted molar refractivity (Wildman–Crippen MR) is 102 cm³/mol. The zero-order valence-corrected chi connectivity index (χ0v) is 14.8. The van der Waals surface area contributed by atoms with Gasteiger partial charge in [-0.3, -0.25) is 14.4 Å². The number of benzene rings is 2. The van der Waals surface area contributed by atoms with Gasteiger partial charge in [-0.2, -0.15) is 0 Å². The number of carbonyl (C=O) groups excluding carboxylic acids is 1. The van der Waals surface area contributed by atoms with Crippen LogP contribution in [0.5, 0.6) is 0 Å². The summed E-state index contributed by atoms with van der Waals surface area (Å²) in [5.74, 6) is -1.48. The van der Waals surface area contributed by atoms with Crippen molar-refractivity contribution in [3.63, 3.8) is 0 Å². The number of nitrogens with two attached hydrogens (primary N) is 1. The first-order chi connectivity index (χ1) is 12.9. The van der Waals surface area contributed by atoms with Crippen LogP contribution in [-0.2, 0) is 4.79 Å². The van der Waals surface area contributed by atoms with Crippen LogP contribution in [0.25, 0.3) is 22.3 Å². The molecule has 1 atom stereocenters. The molecule has 1 heterocycles. The number of fused-ring (bicyclic) bond motifs is 1. The number of nitrogens with zero attached hydrogens (tertiary/aromatic N) is 2. The smallest absolute Gasteiger partial charge is 0.320 e. The van der Waals surface area contributed by atoms with E-state index in [1.54, 1.807) is 36.4 Å². The molecule has 0 fully saturated rings. The Kier molecular flexibility index (Phi) is 5.14. The predicted octanol–water partition coefficient (Wildman–Crippen LogP) is 2.20. The van der Waals surface area contributed by atoms with Crippen molar-refractivity contribution >= 4 is 22.8 Å². The quantitative estimate of drug-likeness (QED) is 0.716. The van der Waals surface area contributed by atoms with E-state index in [9.17, 15) is 14.4 Å². The number of aryl methyl sites for hydroxylation is 1. The summed E-state index contributed by atoms with van der Waals surface area (Å²) >= 11 is 0. The van der Waals surface area contributed by atoms with Gasteiger partial charge in [0.15, 0.2) is 5.82 Å². The molecule has 1 aromatic heterocycles. The average Bonchev–Trinajstić information content (AvgIpc) is 2.66. The maximum Gasteiger partial charge on any atom is 0.320 e. The highest BCUT2D eigenvalue weighted by Crippen LogP contribution is 2.22. The van der Waals surface area contributed by atoms with Crippen LogP contribution in [-0.4, -0.2) is 32.6 Å². The van der Waals surface area contributed by atoms with Crippen molar-refractivity contribution in [2.24, 2.45) is 5.73 Å². The summed E-state index contributed by atoms with van der Waals surface area (Å²) in [5, 5.41) is 9.24. The maximum atomic E-state index is 13.0. The summed E-state index contributed by atoms with van der Waals surface area (Å²) < 4.78 is 1.03. The van der Waals surface area contributed by atoms with Crippen LogP contribution in [0.1, 0.15) is 23.2 Å². The molecular formula is C20H19N3O4. The molecule has 0 aliphatic heterocycles. The minimum Gasteiger partial charge on any atom is -0.480 e. The van der Waals surface area contributed by atoms with Gasteiger partial charge in [-0.25, -0.2) is 9.55 Å². The summed E-state index contributed by atoms with van der Waals surface area (Å²) in [6.45, 7) is 1.87. The van der Waals surface area contributed by atoms with Crippen molar-refractivity contribution in [2.45, 2.75) is 25.8 Å². The van der Waals surface area contributed by atoms with Gasteiger partial charge >= 0.3 is 5.97 Å². The van der Waals surface area contributed by atoms with Gasteiger partial charge < -0.3 is 10.8 Å². The van der Waals surface area contributed by atoms with Crippen LogP contribution in [0.3, 0.4) is 0 Å². The lowest BCUT2D eigenvalue weighted by atomic mass is 10.1. The van der Waals surface area contributed by atoms with Crippen LogP contribution >= 0.6 is 0 Å². The van der Waals surface area contributed by atoms with Crippen molar-refractivity contribution in [3.8, 4) is 11.4 Å². The van der Waals surface area contributed by atoms with E-state index in [0.29, 0.717) is 16.5 Å². The van der Waals surface area contributed by atoms with Crippen molar-refractivity contribution in [3.05, 3.63) is 64.4 Å². The van der Waals surface area contributed by atoms with Crippen LogP contribution in [0, 0.1) is 6.92 Å². The Morgan fingerprint density at radius 2 is 1.81 bits per heavy atom. The number of carbonyl (C=O) groups is 2. The van der Waals surface area contributed by atoms with E-state index in [1.807, 2.05) is 19.1 Å². The van der Waals surface area contributed by atoms with Gasteiger partial charge in [0.25, 0.3) is 5.56 Å². The second kappa shape index (κ2) is 7.51. The molecule has 0 amide bonds. The number of para-hydroxylation sites is 1. The number of hydrogen-bond acceptors (Lipinski definition) is 5. The third kappa shape index (κ3) is 3.63. The van der Waals surface area contributed by atoms with E-state index < -0.39 is 23.5 Å². The Balaban J connectivity index is 2.17. The van der Waals surface area contributed by atoms with E-state index in [4.69, 9.17) is 10.8 Å². The first kappa shape index (κ1) is 18.5. The van der Waals surface area contributed by atoms with E-state index in [-0.39, 0.29) is 18.7 Å². The molecule has 0 saturated carbocycles. The fraction of sp³-hybridized carbons (Fsp3) is 0.200. The lowest BCUT2D eigenvalue weighted by Gasteiger charge is -2.14. The Bertz CT molecular complexity index is 1090. The molecule has 27 heavy (non-hydrogen) atoms. The zero-order valence-electron chi connectivity index (χ0n) is 14.8.